The topological polar surface area (TPSA) is 75.4 Å². The monoisotopic (exact) mass is 336 g/mol. The van der Waals surface area contributed by atoms with E-state index in [0.717, 1.165) is 37.4 Å². The third-order valence-electron chi connectivity index (χ3n) is 4.72. The molecule has 7 nitrogen and oxygen atoms in total. The van der Waals surface area contributed by atoms with Crippen molar-refractivity contribution in [2.75, 3.05) is 25.0 Å². The molecule has 4 heterocycles. The van der Waals surface area contributed by atoms with Gasteiger partial charge in [0.25, 0.3) is 5.91 Å². The molecular formula is C18H20N6O. The van der Waals surface area contributed by atoms with Gasteiger partial charge in [0.2, 0.25) is 0 Å². The Bertz CT molecular complexity index is 891. The highest BCUT2D eigenvalue weighted by molar-refractivity contribution is 5.99. The van der Waals surface area contributed by atoms with Crippen LogP contribution in [-0.2, 0) is 0 Å². The fourth-order valence-electron chi connectivity index (χ4n) is 3.48. The summed E-state index contributed by atoms with van der Waals surface area (Å²) in [5.41, 5.74) is 2.19. The number of amides is 1. The van der Waals surface area contributed by atoms with E-state index < -0.39 is 0 Å². The number of pyridine rings is 1. The molecule has 0 unspecified atom stereocenters. The number of nitrogens with zero attached hydrogens (tertiary/aromatic N) is 5. The molecule has 0 aliphatic carbocycles. The highest BCUT2D eigenvalue weighted by Crippen LogP contribution is 2.29. The molecule has 3 aromatic heterocycles. The summed E-state index contributed by atoms with van der Waals surface area (Å²) in [6.45, 7) is 1.88. The molecule has 0 bridgehead atoms. The number of piperidine rings is 1. The Morgan fingerprint density at radius 2 is 2.16 bits per heavy atom. The van der Waals surface area contributed by atoms with Crippen LogP contribution in [0.15, 0.2) is 42.9 Å². The Morgan fingerprint density at radius 1 is 1.24 bits per heavy atom. The largest absolute Gasteiger partial charge is 0.356 e. The molecule has 0 spiro atoms. The van der Waals surface area contributed by atoms with Gasteiger partial charge in [-0.25, -0.2) is 14.5 Å². The van der Waals surface area contributed by atoms with Crippen LogP contribution < -0.4 is 10.2 Å². The average molecular weight is 336 g/mol. The van der Waals surface area contributed by atoms with Crippen LogP contribution in [0.3, 0.4) is 0 Å². The van der Waals surface area contributed by atoms with Crippen LogP contribution in [0.2, 0.25) is 0 Å². The molecule has 4 rings (SSSR count). The Morgan fingerprint density at radius 3 is 2.96 bits per heavy atom. The number of rotatable bonds is 3. The Hall–Kier alpha value is -2.96. The number of hydrogen-bond donors (Lipinski definition) is 1. The zero-order chi connectivity index (χ0) is 17.2. The molecule has 0 saturated carbocycles. The third kappa shape index (κ3) is 2.82. The van der Waals surface area contributed by atoms with Crippen molar-refractivity contribution in [3.05, 3.63) is 54.1 Å². The highest BCUT2D eigenvalue weighted by atomic mass is 16.1. The minimum atomic E-state index is -0.168. The molecule has 0 aromatic carbocycles. The van der Waals surface area contributed by atoms with E-state index in [4.69, 9.17) is 0 Å². The van der Waals surface area contributed by atoms with E-state index in [1.165, 1.54) is 0 Å². The fraction of sp³-hybridized carbons (Fsp3) is 0.333. The maximum atomic E-state index is 12.0. The van der Waals surface area contributed by atoms with Gasteiger partial charge in [-0.15, -0.1) is 0 Å². The van der Waals surface area contributed by atoms with Gasteiger partial charge in [0.05, 0.1) is 11.9 Å². The number of anilines is 1. The SMILES string of the molecule is CNC(=O)c1cnn2c([C@@H]3CCCN(c4ccccn4)C3)ccnc12. The maximum Gasteiger partial charge on any atom is 0.256 e. The first-order valence-corrected chi connectivity index (χ1v) is 8.48. The van der Waals surface area contributed by atoms with Crippen molar-refractivity contribution in [3.63, 3.8) is 0 Å². The predicted molar refractivity (Wildman–Crippen MR) is 94.8 cm³/mol. The number of nitrogens with one attached hydrogen (secondary N) is 1. The lowest BCUT2D eigenvalue weighted by atomic mass is 9.94. The van der Waals surface area contributed by atoms with Crippen LogP contribution in [0.5, 0.6) is 0 Å². The molecule has 1 N–H and O–H groups in total. The van der Waals surface area contributed by atoms with Gasteiger partial charge in [0.1, 0.15) is 11.4 Å². The molecule has 1 amide bonds. The van der Waals surface area contributed by atoms with E-state index in [9.17, 15) is 4.79 Å². The molecule has 25 heavy (non-hydrogen) atoms. The van der Waals surface area contributed by atoms with E-state index in [2.05, 4.69) is 25.3 Å². The molecule has 1 aliphatic rings. The minimum Gasteiger partial charge on any atom is -0.356 e. The zero-order valence-electron chi connectivity index (χ0n) is 14.1. The van der Waals surface area contributed by atoms with E-state index in [0.29, 0.717) is 17.1 Å². The molecule has 1 aliphatic heterocycles. The number of hydrogen-bond acceptors (Lipinski definition) is 5. The predicted octanol–water partition coefficient (Wildman–Crippen LogP) is 1.87. The summed E-state index contributed by atoms with van der Waals surface area (Å²) in [4.78, 5) is 23.1. The van der Waals surface area contributed by atoms with Crippen LogP contribution in [0, 0.1) is 0 Å². The summed E-state index contributed by atoms with van der Waals surface area (Å²) in [5, 5.41) is 7.06. The number of aromatic nitrogens is 4. The molecule has 0 radical (unpaired) electrons. The molecule has 1 atom stereocenters. The van der Waals surface area contributed by atoms with Gasteiger partial charge in [-0.2, -0.15) is 5.10 Å². The van der Waals surface area contributed by atoms with Crippen molar-refractivity contribution in [3.8, 4) is 0 Å². The zero-order valence-corrected chi connectivity index (χ0v) is 14.1. The smallest absolute Gasteiger partial charge is 0.256 e. The Kier molecular flexibility index (Phi) is 4.05. The van der Waals surface area contributed by atoms with E-state index in [1.54, 1.807) is 24.0 Å². The van der Waals surface area contributed by atoms with Crippen molar-refractivity contribution in [2.45, 2.75) is 18.8 Å². The number of carbonyl (C=O) groups excluding carboxylic acids is 1. The Balaban J connectivity index is 1.67. The normalized spacial score (nSPS) is 17.6. The van der Waals surface area contributed by atoms with Gasteiger partial charge >= 0.3 is 0 Å². The summed E-state index contributed by atoms with van der Waals surface area (Å²) in [5.74, 6) is 1.15. The number of fused-ring (bicyclic) bond motifs is 1. The number of carbonyl (C=O) groups is 1. The lowest BCUT2D eigenvalue weighted by Gasteiger charge is -2.33. The first-order chi connectivity index (χ1) is 12.3. The quantitative estimate of drug-likeness (QED) is 0.790. The maximum absolute atomic E-state index is 12.0. The third-order valence-corrected chi connectivity index (χ3v) is 4.72. The van der Waals surface area contributed by atoms with Crippen molar-refractivity contribution >= 4 is 17.4 Å². The fourth-order valence-corrected chi connectivity index (χ4v) is 3.48. The summed E-state index contributed by atoms with van der Waals surface area (Å²) < 4.78 is 1.80. The summed E-state index contributed by atoms with van der Waals surface area (Å²) in [6, 6.07) is 7.99. The van der Waals surface area contributed by atoms with E-state index >= 15 is 0 Å². The first-order valence-electron chi connectivity index (χ1n) is 8.48. The molecule has 1 saturated heterocycles. The second kappa shape index (κ2) is 6.51. The van der Waals surface area contributed by atoms with Crippen molar-refractivity contribution in [1.29, 1.82) is 0 Å². The molecule has 128 valence electrons. The van der Waals surface area contributed by atoms with Gasteiger partial charge in [-0.1, -0.05) is 6.07 Å². The summed E-state index contributed by atoms with van der Waals surface area (Å²) in [6.07, 6.45) is 7.35. The summed E-state index contributed by atoms with van der Waals surface area (Å²) >= 11 is 0. The van der Waals surface area contributed by atoms with Crippen LogP contribution in [-0.4, -0.2) is 45.6 Å². The van der Waals surface area contributed by atoms with Crippen molar-refractivity contribution in [1.82, 2.24) is 24.9 Å². The van der Waals surface area contributed by atoms with Crippen LogP contribution in [0.1, 0.15) is 34.8 Å². The van der Waals surface area contributed by atoms with Gasteiger partial charge in [0.15, 0.2) is 5.65 Å². The van der Waals surface area contributed by atoms with Crippen LogP contribution >= 0.6 is 0 Å². The van der Waals surface area contributed by atoms with Crippen LogP contribution in [0.25, 0.3) is 5.65 Å². The molecule has 3 aromatic rings. The van der Waals surface area contributed by atoms with E-state index in [-0.39, 0.29) is 5.91 Å². The first kappa shape index (κ1) is 15.6. The summed E-state index contributed by atoms with van der Waals surface area (Å²) in [7, 11) is 1.61. The van der Waals surface area contributed by atoms with Crippen LogP contribution in [0.4, 0.5) is 5.82 Å². The lowest BCUT2D eigenvalue weighted by molar-refractivity contribution is 0.0964. The van der Waals surface area contributed by atoms with E-state index in [1.807, 2.05) is 30.5 Å². The second-order valence-electron chi connectivity index (χ2n) is 6.22. The molecule has 7 heteroatoms. The van der Waals surface area contributed by atoms with Crippen molar-refractivity contribution in [2.24, 2.45) is 0 Å². The average Bonchev–Trinajstić information content (AvgIpc) is 3.12. The van der Waals surface area contributed by atoms with Gasteiger partial charge in [0, 0.05) is 38.4 Å². The minimum absolute atomic E-state index is 0.168. The highest BCUT2D eigenvalue weighted by Gasteiger charge is 2.25. The lowest BCUT2D eigenvalue weighted by Crippen LogP contribution is -2.35. The Labute approximate surface area is 145 Å². The van der Waals surface area contributed by atoms with Crippen molar-refractivity contribution < 1.29 is 4.79 Å². The molecule has 1 fully saturated rings. The van der Waals surface area contributed by atoms with Gasteiger partial charge in [-0.3, -0.25) is 4.79 Å². The second-order valence-corrected chi connectivity index (χ2v) is 6.22. The molecular weight excluding hydrogens is 316 g/mol. The van der Waals surface area contributed by atoms with Gasteiger partial charge < -0.3 is 10.2 Å². The standard InChI is InChI=1S/C18H20N6O/c1-19-18(25)14-11-22-24-15(7-9-21-17(14)24)13-5-4-10-23(12-13)16-6-2-3-8-20-16/h2-3,6-9,11,13H,4-5,10,12H2,1H3,(H,19,25)/t13-/m1/s1. The van der Waals surface area contributed by atoms with Gasteiger partial charge in [-0.05, 0) is 31.0 Å².